The third kappa shape index (κ3) is 10.2. The van der Waals surface area contributed by atoms with E-state index in [9.17, 15) is 29.9 Å². The number of oxime groups is 1. The number of unbranched alkanes of at least 4 members (excludes halogenated alkanes) is 2. The van der Waals surface area contributed by atoms with Gasteiger partial charge < -0.3 is 38.9 Å². The summed E-state index contributed by atoms with van der Waals surface area (Å²) >= 11 is 0. The number of nitro groups is 1. The summed E-state index contributed by atoms with van der Waals surface area (Å²) < 4.78 is 26.5. The number of fused-ring (bicyclic) bond motifs is 2. The molecule has 0 bridgehead atoms. The second-order valence-corrected chi connectivity index (χ2v) is 16.4. The van der Waals surface area contributed by atoms with Gasteiger partial charge in [-0.2, -0.15) is 0 Å². The molecule has 336 valence electrons. The molecule has 4 aromatic carbocycles. The average Bonchev–Trinajstić information content (AvgIpc) is 3.31. The Morgan fingerprint density at radius 1 is 0.938 bits per heavy atom. The highest BCUT2D eigenvalue weighted by atomic mass is 16.7. The number of nitrogens with zero attached hydrogens (tertiary/aromatic N) is 3. The van der Waals surface area contributed by atoms with Crippen LogP contribution in [0.1, 0.15) is 77.9 Å². The highest BCUT2D eigenvalue weighted by Crippen LogP contribution is 2.62. The van der Waals surface area contributed by atoms with E-state index in [1.807, 2.05) is 48.5 Å². The number of carbonyl (C=O) groups excluding carboxylic acids is 2. The number of allylic oxidation sites excluding steroid dienone is 1. The molecule has 0 spiro atoms. The first-order chi connectivity index (χ1) is 31.2. The Morgan fingerprint density at radius 2 is 1.67 bits per heavy atom. The summed E-state index contributed by atoms with van der Waals surface area (Å²) in [5.41, 5.74) is 4.21. The summed E-state index contributed by atoms with van der Waals surface area (Å²) in [6, 6.07) is 27.2. The molecule has 14 nitrogen and oxygen atoms in total. The number of amides is 1. The van der Waals surface area contributed by atoms with Crippen LogP contribution in [-0.4, -0.2) is 76.8 Å². The van der Waals surface area contributed by atoms with Crippen LogP contribution in [0.25, 0.3) is 0 Å². The van der Waals surface area contributed by atoms with E-state index in [1.165, 1.54) is 17.0 Å². The summed E-state index contributed by atoms with van der Waals surface area (Å²) in [7, 11) is 1.67. The van der Waals surface area contributed by atoms with Crippen LogP contribution in [0, 0.1) is 27.9 Å². The Hall–Kier alpha value is -6.35. The lowest BCUT2D eigenvalue weighted by molar-refractivity contribution is -0.384. The minimum atomic E-state index is -1.50. The molecule has 1 saturated carbocycles. The zero-order chi connectivity index (χ0) is 45.1. The molecule has 1 heterocycles. The molecular formula is C50H55N3O11. The Morgan fingerprint density at radius 3 is 2.39 bits per heavy atom. The summed E-state index contributed by atoms with van der Waals surface area (Å²) in [4.78, 5) is 44.4. The normalized spacial score (nSPS) is 22.5. The second-order valence-electron chi connectivity index (χ2n) is 16.4. The first kappa shape index (κ1) is 45.7. The molecule has 0 saturated heterocycles. The predicted molar refractivity (Wildman–Crippen MR) is 239 cm³/mol. The summed E-state index contributed by atoms with van der Waals surface area (Å²) in [5.74, 6) is -0.861. The number of aliphatic hydroxyl groups excluding tert-OH is 2. The van der Waals surface area contributed by atoms with Gasteiger partial charge in [0.2, 0.25) is 5.79 Å². The molecule has 4 aromatic rings. The van der Waals surface area contributed by atoms with Gasteiger partial charge in [-0.1, -0.05) is 72.6 Å². The lowest BCUT2D eigenvalue weighted by Crippen LogP contribution is -2.69. The number of likely N-dealkylation sites (N-methyl/N-ethyl adjacent to an activating group) is 1. The van der Waals surface area contributed by atoms with Crippen molar-refractivity contribution in [2.45, 2.75) is 75.9 Å². The van der Waals surface area contributed by atoms with Crippen molar-refractivity contribution in [1.29, 1.82) is 0 Å². The van der Waals surface area contributed by atoms with Gasteiger partial charge in [0.25, 0.3) is 5.69 Å². The van der Waals surface area contributed by atoms with Crippen LogP contribution in [0.3, 0.4) is 0 Å². The van der Waals surface area contributed by atoms with Crippen molar-refractivity contribution in [1.82, 2.24) is 4.90 Å². The number of aliphatic hydroxyl groups is 2. The van der Waals surface area contributed by atoms with Crippen LogP contribution in [0.2, 0.25) is 0 Å². The van der Waals surface area contributed by atoms with E-state index in [1.54, 1.807) is 49.5 Å². The van der Waals surface area contributed by atoms with Crippen molar-refractivity contribution in [3.05, 3.63) is 154 Å². The zero-order valence-corrected chi connectivity index (χ0v) is 36.0. The number of benzene rings is 4. The Labute approximate surface area is 372 Å². The minimum absolute atomic E-state index is 0.0108. The number of aldehydes is 1. The van der Waals surface area contributed by atoms with E-state index in [2.05, 4.69) is 12.7 Å². The van der Waals surface area contributed by atoms with Crippen molar-refractivity contribution in [3.8, 4) is 17.2 Å². The smallest absolute Gasteiger partial charge is 0.410 e. The van der Waals surface area contributed by atoms with Gasteiger partial charge in [0.15, 0.2) is 0 Å². The van der Waals surface area contributed by atoms with E-state index < -0.39 is 28.8 Å². The molecule has 2 N–H and O–H groups in total. The Bertz CT molecular complexity index is 2320. The topological polar surface area (TPSA) is 179 Å². The molecular weight excluding hydrogens is 819 g/mol. The molecule has 7 rings (SSSR count). The molecule has 1 fully saturated rings. The molecule has 0 radical (unpaired) electrons. The fourth-order valence-electron chi connectivity index (χ4n) is 9.43. The molecule has 64 heavy (non-hydrogen) atoms. The van der Waals surface area contributed by atoms with Gasteiger partial charge in [0.05, 0.1) is 23.2 Å². The van der Waals surface area contributed by atoms with Crippen molar-refractivity contribution < 1.29 is 48.5 Å². The van der Waals surface area contributed by atoms with Gasteiger partial charge in [-0.15, -0.1) is 6.58 Å². The monoisotopic (exact) mass is 873 g/mol. The Kier molecular flexibility index (Phi) is 15.2. The van der Waals surface area contributed by atoms with Gasteiger partial charge >= 0.3 is 6.09 Å². The van der Waals surface area contributed by atoms with E-state index in [4.69, 9.17) is 28.9 Å². The number of hydrogen-bond acceptors (Lipinski definition) is 12. The lowest BCUT2D eigenvalue weighted by atomic mass is 9.55. The van der Waals surface area contributed by atoms with Gasteiger partial charge in [-0.05, 0) is 96.7 Å². The number of ether oxygens (including phenoxy) is 4. The molecule has 14 heteroatoms. The molecule has 1 amide bonds. The van der Waals surface area contributed by atoms with Gasteiger partial charge in [0, 0.05) is 55.9 Å². The van der Waals surface area contributed by atoms with Crippen LogP contribution in [0.4, 0.5) is 10.5 Å². The summed E-state index contributed by atoms with van der Waals surface area (Å²) in [6.45, 7) is 4.23. The zero-order valence-electron chi connectivity index (χ0n) is 36.0. The maximum atomic E-state index is 14.2. The molecule has 1 aliphatic heterocycles. The van der Waals surface area contributed by atoms with E-state index in [0.717, 1.165) is 48.7 Å². The predicted octanol–water partition coefficient (Wildman–Crippen LogP) is 9.30. The maximum absolute atomic E-state index is 14.2. The van der Waals surface area contributed by atoms with Crippen molar-refractivity contribution in [3.63, 3.8) is 0 Å². The first-order valence-electron chi connectivity index (χ1n) is 21.8. The molecule has 0 aromatic heterocycles. The molecule has 3 aliphatic rings. The maximum Gasteiger partial charge on any atom is 0.410 e. The molecule has 0 unspecified atom stereocenters. The van der Waals surface area contributed by atoms with Crippen LogP contribution < -0.4 is 9.47 Å². The van der Waals surface area contributed by atoms with Crippen molar-refractivity contribution >= 4 is 23.8 Å². The fraction of sp³-hybridized carbons (Fsp3) is 0.380. The van der Waals surface area contributed by atoms with Crippen LogP contribution in [-0.2, 0) is 27.5 Å². The van der Waals surface area contributed by atoms with E-state index in [0.29, 0.717) is 46.9 Å². The summed E-state index contributed by atoms with van der Waals surface area (Å²) in [6.07, 6.45) is 8.43. The van der Waals surface area contributed by atoms with Gasteiger partial charge in [-0.25, -0.2) is 4.79 Å². The molecule has 2 aliphatic carbocycles. The standard InChI is InChI=1S/C50H55N3O11/c1-3-26-61-50-46(52(2)49(57)60-32-34-12-5-4-6-13-34)30-44(51-62-33-35-18-20-38(21-19-35)53(58)59)42-28-37(15-7-9-24-54)41(17-8-10-25-55)47(48(42)50)43-29-40(22-23-45(43)64-50)63-39-16-11-14-36(27-39)31-56/h3-6,11-14,16,18-23,27-29,31,37,41,46-48,54-55H,1,7-10,15,17,24-26,30,32-33H2,2H3/t37-,41+,46-,47+,48+,50+/m0/s1. The molecule has 6 atom stereocenters. The van der Waals surface area contributed by atoms with Crippen LogP contribution in [0.15, 0.2) is 127 Å². The van der Waals surface area contributed by atoms with Crippen LogP contribution >= 0.6 is 0 Å². The van der Waals surface area contributed by atoms with Crippen molar-refractivity contribution in [2.24, 2.45) is 22.9 Å². The second kappa shape index (κ2) is 21.3. The van der Waals surface area contributed by atoms with Crippen molar-refractivity contribution in [2.75, 3.05) is 26.9 Å². The quantitative estimate of drug-likeness (QED) is 0.0268. The van der Waals surface area contributed by atoms with E-state index >= 15 is 0 Å². The number of hydrogen-bond donors (Lipinski definition) is 2. The van der Waals surface area contributed by atoms with Gasteiger partial charge in [0.1, 0.15) is 42.8 Å². The number of nitro benzene ring substituents is 1. The lowest BCUT2D eigenvalue weighted by Gasteiger charge is -2.59. The van der Waals surface area contributed by atoms with Crippen LogP contribution in [0.5, 0.6) is 17.2 Å². The fourth-order valence-corrected chi connectivity index (χ4v) is 9.43. The van der Waals surface area contributed by atoms with E-state index in [-0.39, 0.29) is 62.9 Å². The highest BCUT2D eigenvalue weighted by Gasteiger charge is 2.65. The average molecular weight is 874 g/mol. The van der Waals surface area contributed by atoms with Gasteiger partial charge in [-0.3, -0.25) is 14.9 Å². The number of carbonyl (C=O) groups is 2. The highest BCUT2D eigenvalue weighted by molar-refractivity contribution is 6.03. The number of non-ortho nitro benzene ring substituents is 1. The third-order valence-corrected chi connectivity index (χ3v) is 12.4. The SMILES string of the molecule is C=CCO[C@@]12Oc3ccc(Oc4cccc(C=O)c4)cc3[C@H]3[C@H](CCCCO)[C@@H](CCCCO)C=C(C(=NOCc4ccc([N+](=O)[O-])cc4)C[C@@H]1N(C)C(=O)OCc1ccccc1)[C@H]32. The number of rotatable bonds is 21. The minimum Gasteiger partial charge on any atom is -0.459 e. The third-order valence-electron chi connectivity index (χ3n) is 12.4. The largest absolute Gasteiger partial charge is 0.459 e. The summed E-state index contributed by atoms with van der Waals surface area (Å²) in [5, 5.41) is 36.0. The Balaban J connectivity index is 1.38. The first-order valence-corrected chi connectivity index (χ1v) is 21.8.